The molecule has 2 aromatic heterocycles. The molecule has 32 heavy (non-hydrogen) atoms. The van der Waals surface area contributed by atoms with Crippen LogP contribution in [0.25, 0.3) is 11.0 Å². The number of halogens is 1. The SMILES string of the molecule is Cc1cccc(N2C(=O)c3oc4ccc(Br)cc4c(=O)c3[C@@H]2c2ccc([N+](=O)[O-])cc2)n1. The number of benzene rings is 2. The molecule has 5 rings (SSSR count). The molecule has 1 aliphatic rings. The number of nitro benzene ring substituents is 1. The van der Waals surface area contributed by atoms with E-state index in [1.807, 2.05) is 0 Å². The average Bonchev–Trinajstić information content (AvgIpc) is 3.07. The monoisotopic (exact) mass is 491 g/mol. The van der Waals surface area contributed by atoms with Gasteiger partial charge in [-0.15, -0.1) is 0 Å². The number of aromatic nitrogens is 1. The molecule has 0 aliphatic carbocycles. The van der Waals surface area contributed by atoms with Gasteiger partial charge in [0.15, 0.2) is 5.43 Å². The fourth-order valence-corrected chi connectivity index (χ4v) is 4.30. The summed E-state index contributed by atoms with van der Waals surface area (Å²) in [4.78, 5) is 43.5. The summed E-state index contributed by atoms with van der Waals surface area (Å²) in [5, 5.41) is 11.4. The summed E-state index contributed by atoms with van der Waals surface area (Å²) < 4.78 is 6.60. The molecule has 8 nitrogen and oxygen atoms in total. The molecule has 0 bridgehead atoms. The number of carbonyl (C=O) groups is 1. The summed E-state index contributed by atoms with van der Waals surface area (Å²) in [6.07, 6.45) is 0. The van der Waals surface area contributed by atoms with E-state index in [1.165, 1.54) is 17.0 Å². The van der Waals surface area contributed by atoms with Gasteiger partial charge < -0.3 is 4.42 Å². The number of aryl methyl sites for hydroxylation is 1. The summed E-state index contributed by atoms with van der Waals surface area (Å²) in [6, 6.07) is 15.2. The highest BCUT2D eigenvalue weighted by Crippen LogP contribution is 2.41. The molecule has 9 heteroatoms. The number of pyridine rings is 1. The van der Waals surface area contributed by atoms with Crippen molar-refractivity contribution in [3.05, 3.63) is 108 Å². The van der Waals surface area contributed by atoms with Crippen LogP contribution in [0.3, 0.4) is 0 Å². The topological polar surface area (TPSA) is 107 Å². The molecule has 0 fully saturated rings. The van der Waals surface area contributed by atoms with Crippen LogP contribution in [0, 0.1) is 17.0 Å². The minimum atomic E-state index is -0.841. The van der Waals surface area contributed by atoms with Crippen molar-refractivity contribution in [3.8, 4) is 0 Å². The first-order chi connectivity index (χ1) is 15.3. The molecular formula is C23H14BrN3O5. The Labute approximate surface area is 189 Å². The number of non-ortho nitro benzene ring substituents is 1. The molecule has 0 unspecified atom stereocenters. The van der Waals surface area contributed by atoms with Crippen LogP contribution in [-0.2, 0) is 0 Å². The molecule has 0 saturated heterocycles. The smallest absolute Gasteiger partial charge is 0.296 e. The molecular weight excluding hydrogens is 478 g/mol. The molecule has 0 saturated carbocycles. The molecule has 1 amide bonds. The van der Waals surface area contributed by atoms with Crippen molar-refractivity contribution in [2.24, 2.45) is 0 Å². The lowest BCUT2D eigenvalue weighted by Gasteiger charge is -2.24. The van der Waals surface area contributed by atoms with Crippen molar-refractivity contribution < 1.29 is 14.1 Å². The number of carbonyl (C=O) groups excluding carboxylic acids is 1. The second-order valence-corrected chi connectivity index (χ2v) is 8.29. The van der Waals surface area contributed by atoms with E-state index in [9.17, 15) is 19.7 Å². The van der Waals surface area contributed by atoms with Crippen molar-refractivity contribution >= 4 is 44.3 Å². The van der Waals surface area contributed by atoms with Gasteiger partial charge in [0.1, 0.15) is 11.4 Å². The van der Waals surface area contributed by atoms with Crippen LogP contribution in [0.4, 0.5) is 11.5 Å². The molecule has 4 aromatic rings. The zero-order valence-corrected chi connectivity index (χ0v) is 18.2. The maximum Gasteiger partial charge on any atom is 0.296 e. The minimum absolute atomic E-state index is 0.0588. The van der Waals surface area contributed by atoms with Crippen molar-refractivity contribution in [1.82, 2.24) is 4.98 Å². The lowest BCUT2D eigenvalue weighted by atomic mass is 9.98. The largest absolute Gasteiger partial charge is 0.450 e. The number of nitro groups is 1. The first-order valence-electron chi connectivity index (χ1n) is 9.63. The Hall–Kier alpha value is -3.85. The van der Waals surface area contributed by atoms with E-state index < -0.39 is 16.9 Å². The van der Waals surface area contributed by atoms with Gasteiger partial charge in [-0.1, -0.05) is 22.0 Å². The number of fused-ring (bicyclic) bond motifs is 2. The van der Waals surface area contributed by atoms with Gasteiger partial charge in [0, 0.05) is 22.3 Å². The van der Waals surface area contributed by atoms with E-state index in [2.05, 4.69) is 20.9 Å². The number of amides is 1. The van der Waals surface area contributed by atoms with Crippen LogP contribution >= 0.6 is 15.9 Å². The second-order valence-electron chi connectivity index (χ2n) is 7.38. The van der Waals surface area contributed by atoms with E-state index in [0.717, 1.165) is 0 Å². The van der Waals surface area contributed by atoms with Gasteiger partial charge in [-0.05, 0) is 55.0 Å². The van der Waals surface area contributed by atoms with Crippen LogP contribution in [0.2, 0.25) is 0 Å². The highest BCUT2D eigenvalue weighted by atomic mass is 79.9. The zero-order valence-electron chi connectivity index (χ0n) is 16.6. The highest BCUT2D eigenvalue weighted by molar-refractivity contribution is 9.10. The summed E-state index contributed by atoms with van der Waals surface area (Å²) >= 11 is 3.37. The Kier molecular flexibility index (Phi) is 4.63. The normalized spacial score (nSPS) is 15.2. The third-order valence-corrected chi connectivity index (χ3v) is 5.87. The summed E-state index contributed by atoms with van der Waals surface area (Å²) in [5.74, 6) is -0.200. The third kappa shape index (κ3) is 3.09. The quantitative estimate of drug-likeness (QED) is 0.297. The average molecular weight is 492 g/mol. The van der Waals surface area contributed by atoms with E-state index >= 15 is 0 Å². The Morgan fingerprint density at radius 2 is 1.84 bits per heavy atom. The molecule has 0 N–H and O–H groups in total. The minimum Gasteiger partial charge on any atom is -0.450 e. The Morgan fingerprint density at radius 1 is 1.09 bits per heavy atom. The van der Waals surface area contributed by atoms with Gasteiger partial charge in [-0.25, -0.2) is 4.98 Å². The van der Waals surface area contributed by atoms with Gasteiger partial charge in [-0.3, -0.25) is 24.6 Å². The first kappa shape index (κ1) is 20.1. The molecule has 2 aromatic carbocycles. The van der Waals surface area contributed by atoms with Gasteiger partial charge >= 0.3 is 0 Å². The van der Waals surface area contributed by atoms with E-state index in [0.29, 0.717) is 32.5 Å². The number of hydrogen-bond acceptors (Lipinski definition) is 6. The fraction of sp³-hybridized carbons (Fsp3) is 0.0870. The predicted octanol–water partition coefficient (Wildman–Crippen LogP) is 4.92. The lowest BCUT2D eigenvalue weighted by Crippen LogP contribution is -2.30. The van der Waals surface area contributed by atoms with Crippen LogP contribution < -0.4 is 10.3 Å². The summed E-state index contributed by atoms with van der Waals surface area (Å²) in [6.45, 7) is 1.80. The maximum absolute atomic E-state index is 13.5. The van der Waals surface area contributed by atoms with Crippen LogP contribution in [-0.4, -0.2) is 15.8 Å². The lowest BCUT2D eigenvalue weighted by molar-refractivity contribution is -0.384. The van der Waals surface area contributed by atoms with Crippen molar-refractivity contribution in [2.45, 2.75) is 13.0 Å². The molecule has 0 spiro atoms. The second kappa shape index (κ2) is 7.38. The van der Waals surface area contributed by atoms with Crippen molar-refractivity contribution in [3.63, 3.8) is 0 Å². The van der Waals surface area contributed by atoms with Crippen LogP contribution in [0.5, 0.6) is 0 Å². The number of anilines is 1. The highest BCUT2D eigenvalue weighted by Gasteiger charge is 2.44. The number of rotatable bonds is 3. The zero-order chi connectivity index (χ0) is 22.6. The maximum atomic E-state index is 13.5. The molecule has 158 valence electrons. The fourth-order valence-electron chi connectivity index (χ4n) is 3.94. The van der Waals surface area contributed by atoms with Gasteiger partial charge in [-0.2, -0.15) is 0 Å². The summed E-state index contributed by atoms with van der Waals surface area (Å²) in [7, 11) is 0. The first-order valence-corrected chi connectivity index (χ1v) is 10.4. The predicted molar refractivity (Wildman–Crippen MR) is 121 cm³/mol. The number of hydrogen-bond donors (Lipinski definition) is 0. The van der Waals surface area contributed by atoms with Gasteiger partial charge in [0.05, 0.1) is 21.9 Å². The Balaban J connectivity index is 1.80. The standard InChI is InChI=1S/C23H14BrN3O5/c1-12-3-2-4-18(25-12)26-20(13-5-8-15(9-6-13)27(30)31)19-21(28)16-11-14(24)7-10-17(16)32-22(19)23(26)29/h2-11,20H,1H3/t20-/m0/s1. The molecule has 0 radical (unpaired) electrons. The molecule has 3 heterocycles. The van der Waals surface area contributed by atoms with Crippen molar-refractivity contribution in [2.75, 3.05) is 4.90 Å². The van der Waals surface area contributed by atoms with Crippen LogP contribution in [0.1, 0.15) is 33.4 Å². The van der Waals surface area contributed by atoms with E-state index in [1.54, 1.807) is 55.5 Å². The molecule has 1 aliphatic heterocycles. The van der Waals surface area contributed by atoms with E-state index in [4.69, 9.17) is 4.42 Å². The van der Waals surface area contributed by atoms with Crippen molar-refractivity contribution in [1.29, 1.82) is 0 Å². The summed E-state index contributed by atoms with van der Waals surface area (Å²) in [5.41, 5.74) is 1.28. The molecule has 1 atom stereocenters. The van der Waals surface area contributed by atoms with Gasteiger partial charge in [0.2, 0.25) is 5.76 Å². The van der Waals surface area contributed by atoms with E-state index in [-0.39, 0.29) is 22.4 Å². The van der Waals surface area contributed by atoms with Gasteiger partial charge in [0.25, 0.3) is 11.6 Å². The Morgan fingerprint density at radius 3 is 2.53 bits per heavy atom. The van der Waals surface area contributed by atoms with Crippen LogP contribution in [0.15, 0.2) is 74.3 Å². The third-order valence-electron chi connectivity index (χ3n) is 5.37. The number of nitrogens with zero attached hydrogens (tertiary/aromatic N) is 3. The Bertz CT molecular complexity index is 1480.